The molecule has 0 radical (unpaired) electrons. The Morgan fingerprint density at radius 2 is 2.16 bits per heavy atom. The second-order valence-corrected chi connectivity index (χ2v) is 6.10. The van der Waals surface area contributed by atoms with Gasteiger partial charge in [-0.2, -0.15) is 0 Å². The number of amides is 2. The number of carbonyl (C=O) groups is 2. The van der Waals surface area contributed by atoms with Gasteiger partial charge in [0.25, 0.3) is 11.8 Å². The zero-order valence-electron chi connectivity index (χ0n) is 9.31. The number of benzene rings is 1. The smallest absolute Gasteiger partial charge is 0.260 e. The Kier molecular flexibility index (Phi) is 4.38. The molecule has 98 valence electrons. The van der Waals surface area contributed by atoms with Crippen molar-refractivity contribution in [2.75, 3.05) is 5.32 Å². The molecule has 2 amide bonds. The summed E-state index contributed by atoms with van der Waals surface area (Å²) in [6.45, 7) is 0. The highest BCUT2D eigenvalue weighted by Gasteiger charge is 2.13. The van der Waals surface area contributed by atoms with Crippen LogP contribution < -0.4 is 11.1 Å². The predicted octanol–water partition coefficient (Wildman–Crippen LogP) is 2.75. The summed E-state index contributed by atoms with van der Waals surface area (Å²) in [6.07, 6.45) is 1.33. The highest BCUT2D eigenvalue weighted by atomic mass is 127. The van der Waals surface area contributed by atoms with Crippen molar-refractivity contribution in [3.63, 3.8) is 0 Å². The van der Waals surface area contributed by atoms with Gasteiger partial charge in [-0.15, -0.1) is 0 Å². The monoisotopic (exact) mass is 407 g/mol. The zero-order valence-corrected chi connectivity index (χ0v) is 13.0. The van der Waals surface area contributed by atoms with Gasteiger partial charge in [-0.1, -0.05) is 22.9 Å². The maximum absolute atomic E-state index is 12.0. The summed E-state index contributed by atoms with van der Waals surface area (Å²) in [5.41, 5.74) is 5.60. The van der Waals surface area contributed by atoms with Crippen LogP contribution in [-0.2, 0) is 0 Å². The van der Waals surface area contributed by atoms with Gasteiger partial charge in [-0.05, 0) is 40.8 Å². The van der Waals surface area contributed by atoms with Gasteiger partial charge in [-0.3, -0.25) is 14.9 Å². The summed E-state index contributed by atoms with van der Waals surface area (Å²) in [5, 5.41) is 3.49. The molecule has 0 fully saturated rings. The van der Waals surface area contributed by atoms with Crippen LogP contribution in [0.1, 0.15) is 20.0 Å². The van der Waals surface area contributed by atoms with E-state index < -0.39 is 5.91 Å². The molecule has 0 atom stereocenters. The van der Waals surface area contributed by atoms with Crippen LogP contribution >= 0.6 is 45.5 Å². The maximum Gasteiger partial charge on any atom is 0.260 e. The van der Waals surface area contributed by atoms with Gasteiger partial charge in [-0.25, -0.2) is 4.98 Å². The number of thiazole rings is 1. The Balaban J connectivity index is 2.18. The van der Waals surface area contributed by atoms with E-state index in [0.717, 1.165) is 14.9 Å². The minimum absolute atomic E-state index is 0.293. The van der Waals surface area contributed by atoms with Crippen molar-refractivity contribution in [1.82, 2.24) is 4.98 Å². The van der Waals surface area contributed by atoms with Crippen LogP contribution in [0.2, 0.25) is 5.02 Å². The van der Waals surface area contributed by atoms with Crippen LogP contribution in [0, 0.1) is 3.57 Å². The molecule has 0 aliphatic rings. The molecule has 0 unspecified atom stereocenters. The minimum Gasteiger partial charge on any atom is -0.365 e. The van der Waals surface area contributed by atoms with Gasteiger partial charge in [0.1, 0.15) is 4.88 Å². The van der Waals surface area contributed by atoms with Crippen molar-refractivity contribution in [1.29, 1.82) is 0 Å². The van der Waals surface area contributed by atoms with E-state index in [1.165, 1.54) is 6.20 Å². The van der Waals surface area contributed by atoms with Crippen molar-refractivity contribution < 1.29 is 9.59 Å². The molecule has 0 saturated heterocycles. The summed E-state index contributed by atoms with van der Waals surface area (Å²) >= 11 is 8.87. The van der Waals surface area contributed by atoms with E-state index in [1.807, 2.05) is 22.6 Å². The van der Waals surface area contributed by atoms with E-state index in [4.69, 9.17) is 17.3 Å². The Hall–Kier alpha value is -1.19. The van der Waals surface area contributed by atoms with Crippen molar-refractivity contribution in [3.05, 3.63) is 43.4 Å². The summed E-state index contributed by atoms with van der Waals surface area (Å²) in [4.78, 5) is 27.1. The summed E-state index contributed by atoms with van der Waals surface area (Å²) in [6, 6.07) is 4.95. The number of nitrogens with one attached hydrogen (secondary N) is 1. The molecule has 1 aromatic carbocycles. The van der Waals surface area contributed by atoms with Gasteiger partial charge >= 0.3 is 0 Å². The van der Waals surface area contributed by atoms with Gasteiger partial charge < -0.3 is 5.73 Å². The summed E-state index contributed by atoms with van der Waals surface area (Å²) < 4.78 is 0.731. The van der Waals surface area contributed by atoms with Crippen LogP contribution in [0.5, 0.6) is 0 Å². The molecule has 1 aromatic heterocycles. The van der Waals surface area contributed by atoms with E-state index in [9.17, 15) is 9.59 Å². The second kappa shape index (κ2) is 5.85. The highest BCUT2D eigenvalue weighted by molar-refractivity contribution is 14.1. The lowest BCUT2D eigenvalue weighted by molar-refractivity contribution is 0.100. The number of rotatable bonds is 3. The minimum atomic E-state index is -0.570. The number of primary amides is 1. The Morgan fingerprint density at radius 1 is 1.42 bits per heavy atom. The molecule has 2 rings (SSSR count). The molecule has 0 bridgehead atoms. The number of hydrogen-bond donors (Lipinski definition) is 2. The van der Waals surface area contributed by atoms with E-state index in [0.29, 0.717) is 20.6 Å². The molecular weight excluding hydrogens is 401 g/mol. The molecule has 8 heteroatoms. The molecule has 0 aliphatic carbocycles. The van der Waals surface area contributed by atoms with E-state index in [2.05, 4.69) is 10.3 Å². The molecule has 19 heavy (non-hydrogen) atoms. The lowest BCUT2D eigenvalue weighted by Crippen LogP contribution is -2.13. The number of aromatic nitrogens is 1. The highest BCUT2D eigenvalue weighted by Crippen LogP contribution is 2.21. The number of nitrogens with zero attached hydrogens (tertiary/aromatic N) is 1. The molecule has 0 aliphatic heterocycles. The van der Waals surface area contributed by atoms with Crippen molar-refractivity contribution >= 4 is 62.5 Å². The van der Waals surface area contributed by atoms with Gasteiger partial charge in [0, 0.05) is 8.59 Å². The standard InChI is InChI=1S/C11H7ClIN3O2S/c12-5-1-2-6(7(13)3-5)10(18)16-11-15-4-8(19-11)9(14)17/h1-4H,(H2,14,17)(H,15,16,18). The van der Waals surface area contributed by atoms with Crippen molar-refractivity contribution in [3.8, 4) is 0 Å². The largest absolute Gasteiger partial charge is 0.365 e. The third-order valence-corrected chi connectivity index (χ3v) is 4.20. The number of anilines is 1. The van der Waals surface area contributed by atoms with Gasteiger partial charge in [0.05, 0.1) is 11.8 Å². The van der Waals surface area contributed by atoms with Crippen LogP contribution in [0.15, 0.2) is 24.4 Å². The normalized spacial score (nSPS) is 10.2. The third-order valence-electron chi connectivity index (χ3n) is 2.14. The second-order valence-electron chi connectivity index (χ2n) is 3.47. The number of halogens is 2. The van der Waals surface area contributed by atoms with E-state index >= 15 is 0 Å². The van der Waals surface area contributed by atoms with Gasteiger partial charge in [0.2, 0.25) is 0 Å². The first-order valence-corrected chi connectivity index (χ1v) is 7.26. The van der Waals surface area contributed by atoms with Crippen LogP contribution in [-0.4, -0.2) is 16.8 Å². The van der Waals surface area contributed by atoms with Crippen LogP contribution in [0.4, 0.5) is 5.13 Å². The fraction of sp³-hybridized carbons (Fsp3) is 0. The number of hydrogen-bond acceptors (Lipinski definition) is 4. The first kappa shape index (κ1) is 14.2. The molecule has 5 nitrogen and oxygen atoms in total. The molecule has 3 N–H and O–H groups in total. The quantitative estimate of drug-likeness (QED) is 0.767. The average Bonchev–Trinajstić information content (AvgIpc) is 2.77. The molecule has 2 aromatic rings. The maximum atomic E-state index is 12.0. The zero-order chi connectivity index (χ0) is 14.0. The Labute approximate surface area is 131 Å². The summed E-state index contributed by atoms with van der Waals surface area (Å²) in [7, 11) is 0. The Bertz CT molecular complexity index is 659. The fourth-order valence-electron chi connectivity index (χ4n) is 1.28. The molecule has 1 heterocycles. The van der Waals surface area contributed by atoms with E-state index in [1.54, 1.807) is 18.2 Å². The lowest BCUT2D eigenvalue weighted by atomic mass is 10.2. The number of nitrogens with two attached hydrogens (primary N) is 1. The van der Waals surface area contributed by atoms with Crippen LogP contribution in [0.3, 0.4) is 0 Å². The van der Waals surface area contributed by atoms with Gasteiger partial charge in [0.15, 0.2) is 5.13 Å². The Morgan fingerprint density at radius 3 is 2.74 bits per heavy atom. The first-order chi connectivity index (χ1) is 8.97. The third kappa shape index (κ3) is 3.43. The van der Waals surface area contributed by atoms with Crippen molar-refractivity contribution in [2.24, 2.45) is 5.73 Å². The lowest BCUT2D eigenvalue weighted by Gasteiger charge is -2.04. The summed E-state index contributed by atoms with van der Waals surface area (Å²) in [5.74, 6) is -0.884. The predicted molar refractivity (Wildman–Crippen MR) is 82.8 cm³/mol. The molecule has 0 spiro atoms. The number of carbonyl (C=O) groups excluding carboxylic acids is 2. The fourth-order valence-corrected chi connectivity index (χ4v) is 3.06. The molecule has 0 saturated carbocycles. The van der Waals surface area contributed by atoms with Crippen molar-refractivity contribution in [2.45, 2.75) is 0 Å². The van der Waals surface area contributed by atoms with E-state index in [-0.39, 0.29) is 5.91 Å². The van der Waals surface area contributed by atoms with Crippen LogP contribution in [0.25, 0.3) is 0 Å². The molecular formula is C11H7ClIN3O2S. The first-order valence-electron chi connectivity index (χ1n) is 4.99. The topological polar surface area (TPSA) is 85.1 Å². The SMILES string of the molecule is NC(=O)c1cnc(NC(=O)c2ccc(Cl)cc2I)s1. The average molecular weight is 408 g/mol.